The number of fused-ring (bicyclic) bond motifs is 4. The molecule has 0 radical (unpaired) electrons. The van der Waals surface area contributed by atoms with Crippen LogP contribution in [0.1, 0.15) is 13.8 Å². The maximum Gasteiger partial charge on any atom is 0.144 e. The van der Waals surface area contributed by atoms with Crippen LogP contribution in [0.5, 0.6) is 0 Å². The molecule has 4 aliphatic rings. The summed E-state index contributed by atoms with van der Waals surface area (Å²) in [5.41, 5.74) is -1.57. The Bertz CT molecular complexity index is 692. The molecule has 32 heavy (non-hydrogen) atoms. The van der Waals surface area contributed by atoms with E-state index >= 15 is 0 Å². The van der Waals surface area contributed by atoms with Crippen molar-refractivity contribution in [3.8, 4) is 0 Å². The van der Waals surface area contributed by atoms with E-state index in [-0.39, 0.29) is 37.6 Å². The predicted octanol–water partition coefficient (Wildman–Crippen LogP) is -0.485. The van der Waals surface area contributed by atoms with E-state index in [1.54, 1.807) is 0 Å². The van der Waals surface area contributed by atoms with E-state index in [1.807, 2.05) is 13.8 Å². The molecular formula is C18H32O12P2-2. The van der Waals surface area contributed by atoms with Gasteiger partial charge in [0.15, 0.2) is 0 Å². The fourth-order valence-corrected chi connectivity index (χ4v) is 6.23. The van der Waals surface area contributed by atoms with E-state index in [9.17, 15) is 18.9 Å². The molecule has 0 aromatic heterocycles. The van der Waals surface area contributed by atoms with Gasteiger partial charge in [-0.1, -0.05) is 0 Å². The van der Waals surface area contributed by atoms with Gasteiger partial charge in [0, 0.05) is 27.5 Å². The van der Waals surface area contributed by atoms with Gasteiger partial charge >= 0.3 is 0 Å². The molecule has 4 rings (SSSR count). The Hall–Kier alpha value is 0.0600. The van der Waals surface area contributed by atoms with Crippen LogP contribution >= 0.6 is 15.2 Å². The highest BCUT2D eigenvalue weighted by Crippen LogP contribution is 2.49. The first-order valence-electron chi connectivity index (χ1n) is 10.3. The van der Waals surface area contributed by atoms with Crippen LogP contribution in [0, 0.1) is 0 Å². The third kappa shape index (κ3) is 5.48. The van der Waals surface area contributed by atoms with E-state index in [4.69, 9.17) is 37.5 Å². The molecule has 10 atom stereocenters. The number of methoxy groups -OCH3 is 2. The third-order valence-corrected chi connectivity index (χ3v) is 7.05. The Kier molecular flexibility index (Phi) is 8.00. The summed E-state index contributed by atoms with van der Waals surface area (Å²) < 4.78 is 65.1. The van der Waals surface area contributed by atoms with Gasteiger partial charge in [0.2, 0.25) is 0 Å². The molecule has 0 aromatic carbocycles. The van der Waals surface area contributed by atoms with Crippen LogP contribution in [0.25, 0.3) is 0 Å². The molecule has 0 aliphatic carbocycles. The van der Waals surface area contributed by atoms with Crippen molar-refractivity contribution in [3.05, 3.63) is 0 Å². The Balaban J connectivity index is 0.000000181. The highest BCUT2D eigenvalue weighted by Gasteiger charge is 2.62. The van der Waals surface area contributed by atoms with Crippen molar-refractivity contribution in [2.24, 2.45) is 0 Å². The van der Waals surface area contributed by atoms with Gasteiger partial charge in [0.25, 0.3) is 0 Å². The van der Waals surface area contributed by atoms with Crippen LogP contribution < -0.4 is 9.79 Å². The summed E-state index contributed by atoms with van der Waals surface area (Å²) in [6.07, 6.45) is -2.23. The Morgan fingerprint density at radius 1 is 0.812 bits per heavy atom. The van der Waals surface area contributed by atoms with E-state index in [0.717, 1.165) is 13.3 Å². The summed E-state index contributed by atoms with van der Waals surface area (Å²) in [4.78, 5) is 22.4. The van der Waals surface area contributed by atoms with Crippen LogP contribution in [-0.2, 0) is 46.6 Å². The summed E-state index contributed by atoms with van der Waals surface area (Å²) in [6.45, 7) is 6.91. The molecule has 4 fully saturated rings. The zero-order chi connectivity index (χ0) is 23.9. The maximum atomic E-state index is 11.2. The number of ether oxygens (including phenoxy) is 6. The van der Waals surface area contributed by atoms with Crippen molar-refractivity contribution in [3.63, 3.8) is 0 Å². The second-order valence-corrected chi connectivity index (χ2v) is 12.3. The second kappa shape index (κ2) is 9.60. The first-order valence-corrected chi connectivity index (χ1v) is 14.2. The molecule has 14 heteroatoms. The number of hydrogen-bond donors (Lipinski definition) is 0. The summed E-state index contributed by atoms with van der Waals surface area (Å²) >= 11 is 0. The molecule has 4 bridgehead atoms. The van der Waals surface area contributed by atoms with Crippen LogP contribution in [-0.4, -0.2) is 102 Å². The van der Waals surface area contributed by atoms with Gasteiger partial charge in [-0.05, 0) is 13.8 Å². The van der Waals surface area contributed by atoms with Gasteiger partial charge in [-0.3, -0.25) is 0 Å². The zero-order valence-electron chi connectivity index (χ0n) is 19.1. The molecule has 0 saturated carbocycles. The first kappa shape index (κ1) is 26.7. The molecule has 4 unspecified atom stereocenters. The minimum atomic E-state index is -3.81. The fraction of sp³-hybridized carbons (Fsp3) is 1.00. The lowest BCUT2D eigenvalue weighted by molar-refractivity contribution is -0.207. The normalized spacial score (nSPS) is 45.9. The smallest absolute Gasteiger partial charge is 0.144 e. The average Bonchev–Trinajstić information content (AvgIpc) is 3.28. The summed E-state index contributed by atoms with van der Waals surface area (Å²) in [5, 5.41) is 0. The quantitative estimate of drug-likeness (QED) is 0.394. The van der Waals surface area contributed by atoms with Gasteiger partial charge in [0.05, 0.1) is 38.6 Å². The monoisotopic (exact) mass is 502 g/mol. The second-order valence-electron chi connectivity index (χ2n) is 8.79. The van der Waals surface area contributed by atoms with Crippen LogP contribution in [0.3, 0.4) is 0 Å². The fourth-order valence-electron chi connectivity index (χ4n) is 4.78. The minimum absolute atomic E-state index is 0.180. The summed E-state index contributed by atoms with van der Waals surface area (Å²) in [5.74, 6) is 0. The van der Waals surface area contributed by atoms with E-state index < -0.39 is 38.6 Å². The standard InChI is InChI=1S/2C9H17O6P/c2*1-6-7-8(15-16(3,10)11)9(14-6,4-12-2)5-13-7/h2*6-8H,4-5H2,1-3H3,(H,10,11)/p-2/t6-,7?,8+,9-;6-,7-,8?,9-/m00/s1. The molecule has 4 saturated heterocycles. The Morgan fingerprint density at radius 2 is 1.16 bits per heavy atom. The van der Waals surface area contributed by atoms with Gasteiger partial charge in [-0.25, -0.2) is 0 Å². The molecule has 12 nitrogen and oxygen atoms in total. The molecule has 188 valence electrons. The lowest BCUT2D eigenvalue weighted by Gasteiger charge is -2.31. The third-order valence-electron chi connectivity index (χ3n) is 5.83. The van der Waals surface area contributed by atoms with E-state index in [2.05, 4.69) is 0 Å². The van der Waals surface area contributed by atoms with Crippen molar-refractivity contribution in [1.82, 2.24) is 0 Å². The Morgan fingerprint density at radius 3 is 1.41 bits per heavy atom. The van der Waals surface area contributed by atoms with Crippen molar-refractivity contribution in [2.75, 3.05) is 54.0 Å². The molecule has 4 aliphatic heterocycles. The lowest BCUT2D eigenvalue weighted by Crippen LogP contribution is -2.46. The molecule has 4 heterocycles. The van der Waals surface area contributed by atoms with Gasteiger partial charge < -0.3 is 56.4 Å². The Labute approximate surface area is 187 Å². The topological polar surface area (TPSA) is 154 Å². The van der Waals surface area contributed by atoms with Crippen LogP contribution in [0.15, 0.2) is 0 Å². The molecular weight excluding hydrogens is 470 g/mol. The molecule has 0 spiro atoms. The largest absolute Gasteiger partial charge is 0.779 e. The van der Waals surface area contributed by atoms with E-state index in [1.165, 1.54) is 14.2 Å². The van der Waals surface area contributed by atoms with E-state index in [0.29, 0.717) is 13.2 Å². The lowest BCUT2D eigenvalue weighted by atomic mass is 10.00. The SMILES string of the molecule is COC[C@@]12COC([C@H](C)O1)[C@H]2OP(C)(=O)[O-].COC[C@]12CO[C@H](C1OP(C)(=O)[O-])[C@H](C)O2. The highest BCUT2D eigenvalue weighted by molar-refractivity contribution is 7.50. The first-order chi connectivity index (χ1) is 14.8. The summed E-state index contributed by atoms with van der Waals surface area (Å²) in [7, 11) is -4.54. The molecule has 0 amide bonds. The zero-order valence-corrected chi connectivity index (χ0v) is 20.9. The van der Waals surface area contributed by atoms with Crippen LogP contribution in [0.4, 0.5) is 0 Å². The van der Waals surface area contributed by atoms with Crippen LogP contribution in [0.2, 0.25) is 0 Å². The summed E-state index contributed by atoms with van der Waals surface area (Å²) in [6, 6.07) is 0. The number of rotatable bonds is 8. The number of hydrogen-bond acceptors (Lipinski definition) is 12. The van der Waals surface area contributed by atoms with Gasteiger partial charge in [-0.15, -0.1) is 0 Å². The molecule has 0 N–H and O–H groups in total. The van der Waals surface area contributed by atoms with Crippen molar-refractivity contribution in [1.29, 1.82) is 0 Å². The van der Waals surface area contributed by atoms with Gasteiger partial charge in [-0.2, -0.15) is 0 Å². The predicted molar refractivity (Wildman–Crippen MR) is 107 cm³/mol. The van der Waals surface area contributed by atoms with Crippen molar-refractivity contribution < 1.29 is 56.4 Å². The molecule has 0 aromatic rings. The minimum Gasteiger partial charge on any atom is -0.779 e. The maximum absolute atomic E-state index is 11.2. The van der Waals surface area contributed by atoms with Gasteiger partial charge in [0.1, 0.15) is 50.8 Å². The average molecular weight is 502 g/mol. The van der Waals surface area contributed by atoms with Crippen molar-refractivity contribution >= 4 is 15.2 Å². The highest BCUT2D eigenvalue weighted by atomic mass is 31.2. The van der Waals surface area contributed by atoms with Crippen molar-refractivity contribution in [2.45, 2.75) is 61.7 Å².